The maximum Gasteiger partial charge on any atom is 0.0351 e. The highest BCUT2D eigenvalue weighted by Gasteiger charge is 2.22. The van der Waals surface area contributed by atoms with Gasteiger partial charge in [-0.05, 0) is 31.4 Å². The van der Waals surface area contributed by atoms with Crippen molar-refractivity contribution in [3.63, 3.8) is 0 Å². The highest BCUT2D eigenvalue weighted by molar-refractivity contribution is 5.85. The van der Waals surface area contributed by atoms with Crippen molar-refractivity contribution in [1.29, 1.82) is 0 Å². The standard InChI is InChI=1S/C16H26N2.2ClH/c1-4-5-16(18-10-8-17-9-11-18)15-12-13(2)6-7-14(15)3;;/h6-7,12,16-17H,4-5,8-11H2,1-3H3;2*1H/t16-;;/m0../s1. The number of rotatable bonds is 4. The summed E-state index contributed by atoms with van der Waals surface area (Å²) in [7, 11) is 0. The third-order valence-corrected chi connectivity index (χ3v) is 3.95. The molecule has 116 valence electrons. The average molecular weight is 319 g/mol. The highest BCUT2D eigenvalue weighted by atomic mass is 35.5. The minimum Gasteiger partial charge on any atom is -0.314 e. The smallest absolute Gasteiger partial charge is 0.0351 e. The summed E-state index contributed by atoms with van der Waals surface area (Å²) >= 11 is 0. The lowest BCUT2D eigenvalue weighted by Crippen LogP contribution is -2.45. The molecule has 1 atom stereocenters. The van der Waals surface area contributed by atoms with E-state index in [-0.39, 0.29) is 24.8 Å². The van der Waals surface area contributed by atoms with Crippen molar-refractivity contribution in [1.82, 2.24) is 10.2 Å². The molecule has 0 radical (unpaired) electrons. The molecule has 0 aromatic heterocycles. The number of hydrogen-bond donors (Lipinski definition) is 1. The van der Waals surface area contributed by atoms with Crippen LogP contribution >= 0.6 is 24.8 Å². The van der Waals surface area contributed by atoms with Gasteiger partial charge in [-0.25, -0.2) is 0 Å². The quantitative estimate of drug-likeness (QED) is 0.906. The Hall–Kier alpha value is -0.280. The first-order valence-corrected chi connectivity index (χ1v) is 7.24. The van der Waals surface area contributed by atoms with Gasteiger partial charge in [-0.15, -0.1) is 24.8 Å². The molecule has 1 aliphatic rings. The summed E-state index contributed by atoms with van der Waals surface area (Å²) in [6, 6.07) is 7.49. The molecule has 2 rings (SSSR count). The molecule has 0 saturated carbocycles. The van der Waals surface area contributed by atoms with E-state index in [1.807, 2.05) is 0 Å². The summed E-state index contributed by atoms with van der Waals surface area (Å²) in [6.07, 6.45) is 2.52. The van der Waals surface area contributed by atoms with Gasteiger partial charge in [0.2, 0.25) is 0 Å². The molecule has 1 aromatic carbocycles. The first-order valence-electron chi connectivity index (χ1n) is 7.24. The summed E-state index contributed by atoms with van der Waals surface area (Å²) in [5.74, 6) is 0. The van der Waals surface area contributed by atoms with Crippen LogP contribution in [0.25, 0.3) is 0 Å². The fraction of sp³-hybridized carbons (Fsp3) is 0.625. The zero-order valence-corrected chi connectivity index (χ0v) is 14.4. The van der Waals surface area contributed by atoms with Crippen molar-refractivity contribution in [2.75, 3.05) is 26.2 Å². The van der Waals surface area contributed by atoms with Crippen LogP contribution in [0.15, 0.2) is 18.2 Å². The third kappa shape index (κ3) is 4.92. The Morgan fingerprint density at radius 1 is 1.15 bits per heavy atom. The van der Waals surface area contributed by atoms with Crippen molar-refractivity contribution < 1.29 is 0 Å². The van der Waals surface area contributed by atoms with E-state index in [0.717, 1.165) is 13.1 Å². The summed E-state index contributed by atoms with van der Waals surface area (Å²) in [6.45, 7) is 11.4. The maximum absolute atomic E-state index is 3.45. The van der Waals surface area contributed by atoms with Gasteiger partial charge in [0.1, 0.15) is 0 Å². The van der Waals surface area contributed by atoms with Crippen LogP contribution in [0.1, 0.15) is 42.5 Å². The largest absolute Gasteiger partial charge is 0.314 e. The molecule has 1 aromatic rings. The molecule has 0 aliphatic carbocycles. The molecule has 1 fully saturated rings. The predicted molar refractivity (Wildman–Crippen MR) is 92.5 cm³/mol. The van der Waals surface area contributed by atoms with Crippen LogP contribution in [0.3, 0.4) is 0 Å². The van der Waals surface area contributed by atoms with Crippen LogP contribution in [-0.4, -0.2) is 31.1 Å². The number of benzene rings is 1. The van der Waals surface area contributed by atoms with Gasteiger partial charge in [0.15, 0.2) is 0 Å². The number of nitrogens with one attached hydrogen (secondary N) is 1. The van der Waals surface area contributed by atoms with Gasteiger partial charge in [0, 0.05) is 32.2 Å². The Morgan fingerprint density at radius 3 is 2.40 bits per heavy atom. The molecule has 1 aliphatic heterocycles. The van der Waals surface area contributed by atoms with Gasteiger partial charge in [-0.1, -0.05) is 37.1 Å². The summed E-state index contributed by atoms with van der Waals surface area (Å²) in [5.41, 5.74) is 4.36. The van der Waals surface area contributed by atoms with Gasteiger partial charge in [0.05, 0.1) is 0 Å². The SMILES string of the molecule is CCC[C@@H](c1cc(C)ccc1C)N1CCNCC1.Cl.Cl. The van der Waals surface area contributed by atoms with Crippen molar-refractivity contribution in [3.8, 4) is 0 Å². The lowest BCUT2D eigenvalue weighted by molar-refractivity contribution is 0.164. The Balaban J connectivity index is 0.00000180. The van der Waals surface area contributed by atoms with E-state index in [9.17, 15) is 0 Å². The average Bonchev–Trinajstić information content (AvgIpc) is 2.40. The zero-order chi connectivity index (χ0) is 13.0. The number of aryl methyl sites for hydroxylation is 2. The van der Waals surface area contributed by atoms with Crippen molar-refractivity contribution in [2.24, 2.45) is 0 Å². The van der Waals surface area contributed by atoms with Crippen LogP contribution in [0.4, 0.5) is 0 Å². The highest BCUT2D eigenvalue weighted by Crippen LogP contribution is 2.29. The first kappa shape index (κ1) is 19.7. The number of piperazine rings is 1. The van der Waals surface area contributed by atoms with Gasteiger partial charge in [-0.2, -0.15) is 0 Å². The van der Waals surface area contributed by atoms with Gasteiger partial charge < -0.3 is 5.32 Å². The van der Waals surface area contributed by atoms with Crippen molar-refractivity contribution >= 4 is 24.8 Å². The lowest BCUT2D eigenvalue weighted by atomic mass is 9.94. The second-order valence-electron chi connectivity index (χ2n) is 5.45. The minimum atomic E-state index is 0. The molecule has 2 nitrogen and oxygen atoms in total. The Labute approximate surface area is 136 Å². The van der Waals surface area contributed by atoms with E-state index >= 15 is 0 Å². The van der Waals surface area contributed by atoms with Crippen LogP contribution in [-0.2, 0) is 0 Å². The van der Waals surface area contributed by atoms with E-state index in [1.54, 1.807) is 5.56 Å². The van der Waals surface area contributed by atoms with E-state index in [2.05, 4.69) is 49.2 Å². The number of hydrogen-bond acceptors (Lipinski definition) is 2. The maximum atomic E-state index is 3.45. The molecule has 1 heterocycles. The van der Waals surface area contributed by atoms with Crippen LogP contribution < -0.4 is 5.32 Å². The Bertz CT molecular complexity index is 390. The molecule has 0 unspecified atom stereocenters. The summed E-state index contributed by atoms with van der Waals surface area (Å²) < 4.78 is 0. The predicted octanol–water partition coefficient (Wildman–Crippen LogP) is 3.89. The molecule has 0 spiro atoms. The number of halogens is 2. The second-order valence-corrected chi connectivity index (χ2v) is 5.45. The zero-order valence-electron chi connectivity index (χ0n) is 12.8. The summed E-state index contributed by atoms with van der Waals surface area (Å²) in [5, 5.41) is 3.45. The molecule has 0 amide bonds. The topological polar surface area (TPSA) is 15.3 Å². The molecule has 20 heavy (non-hydrogen) atoms. The van der Waals surface area contributed by atoms with Gasteiger partial charge in [0.25, 0.3) is 0 Å². The van der Waals surface area contributed by atoms with Crippen LogP contribution in [0.2, 0.25) is 0 Å². The van der Waals surface area contributed by atoms with Crippen LogP contribution in [0, 0.1) is 13.8 Å². The van der Waals surface area contributed by atoms with E-state index < -0.39 is 0 Å². The van der Waals surface area contributed by atoms with Gasteiger partial charge in [-0.3, -0.25) is 4.90 Å². The lowest BCUT2D eigenvalue weighted by Gasteiger charge is -2.36. The normalized spacial score (nSPS) is 16.9. The Kier molecular flexibility index (Phi) is 9.48. The van der Waals surface area contributed by atoms with E-state index in [1.165, 1.54) is 37.1 Å². The summed E-state index contributed by atoms with van der Waals surface area (Å²) in [4.78, 5) is 2.65. The van der Waals surface area contributed by atoms with Crippen LogP contribution in [0.5, 0.6) is 0 Å². The monoisotopic (exact) mass is 318 g/mol. The second kappa shape index (κ2) is 9.62. The molecule has 4 heteroatoms. The molecular formula is C16H28Cl2N2. The van der Waals surface area contributed by atoms with E-state index in [4.69, 9.17) is 0 Å². The van der Waals surface area contributed by atoms with E-state index in [0.29, 0.717) is 6.04 Å². The number of nitrogens with zero attached hydrogens (tertiary/aromatic N) is 1. The van der Waals surface area contributed by atoms with Crippen molar-refractivity contribution in [3.05, 3.63) is 34.9 Å². The Morgan fingerprint density at radius 2 is 1.80 bits per heavy atom. The fourth-order valence-corrected chi connectivity index (χ4v) is 2.92. The molecule has 1 N–H and O–H groups in total. The minimum absolute atomic E-state index is 0. The third-order valence-electron chi connectivity index (χ3n) is 3.95. The fourth-order valence-electron chi connectivity index (χ4n) is 2.92. The molecule has 1 saturated heterocycles. The van der Waals surface area contributed by atoms with Gasteiger partial charge >= 0.3 is 0 Å². The molecular weight excluding hydrogens is 291 g/mol. The van der Waals surface area contributed by atoms with Crippen molar-refractivity contribution in [2.45, 2.75) is 39.7 Å². The molecule has 0 bridgehead atoms. The first-order chi connectivity index (χ1) is 8.72.